The molecule has 0 unspecified atom stereocenters. The Labute approximate surface area is 192 Å². The fourth-order valence-electron chi connectivity index (χ4n) is 3.44. The molecular formula is C22H25N3O5S2. The van der Waals surface area contributed by atoms with Gasteiger partial charge in [-0.1, -0.05) is 24.3 Å². The zero-order valence-electron chi connectivity index (χ0n) is 17.7. The fourth-order valence-corrected chi connectivity index (χ4v) is 5.73. The number of fused-ring (bicyclic) bond motifs is 3. The maximum absolute atomic E-state index is 12.7. The average Bonchev–Trinajstić information content (AvgIpc) is 3.13. The fraction of sp³-hybridized carbons (Fsp3) is 0.364. The molecule has 4 rings (SSSR count). The Bertz CT molecular complexity index is 1130. The molecular weight excluding hydrogens is 450 g/mol. The van der Waals surface area contributed by atoms with E-state index < -0.39 is 10.0 Å². The average molecular weight is 476 g/mol. The van der Waals surface area contributed by atoms with Crippen LogP contribution in [0.15, 0.2) is 51.8 Å². The number of amidine groups is 1. The number of thioether (sulfide) groups is 1. The molecule has 170 valence electrons. The molecule has 0 bridgehead atoms. The summed E-state index contributed by atoms with van der Waals surface area (Å²) in [5.41, 5.74) is 3.43. The standard InChI is InChI=1S/C22H25N3O5S2/c1-2-29-9-10-30-15-17-5-3-4-16(12-17)14-23-21(26)18-6-7-19-20(13-18)31-22-24-32(27,28)11-8-25(19)22/h3-7,12-13H,2,8-11,14-15H2,1H3,(H,23,26). The largest absolute Gasteiger partial charge is 0.379 e. The first-order valence-electron chi connectivity index (χ1n) is 10.4. The molecule has 8 nitrogen and oxygen atoms in total. The van der Waals surface area contributed by atoms with Gasteiger partial charge in [0.2, 0.25) is 0 Å². The zero-order chi connectivity index (χ0) is 22.6. The van der Waals surface area contributed by atoms with Gasteiger partial charge in [-0.3, -0.25) is 4.79 Å². The van der Waals surface area contributed by atoms with Crippen LogP contribution >= 0.6 is 11.8 Å². The number of carbonyl (C=O) groups excluding carboxylic acids is 1. The van der Waals surface area contributed by atoms with Crippen LogP contribution in [-0.4, -0.2) is 51.6 Å². The Balaban J connectivity index is 1.35. The van der Waals surface area contributed by atoms with E-state index in [4.69, 9.17) is 9.47 Å². The van der Waals surface area contributed by atoms with Crippen molar-refractivity contribution >= 4 is 38.5 Å². The smallest absolute Gasteiger partial charge is 0.257 e. The first-order chi connectivity index (χ1) is 15.4. The number of carbonyl (C=O) groups is 1. The number of sulfonamides is 1. The summed E-state index contributed by atoms with van der Waals surface area (Å²) in [4.78, 5) is 15.4. The van der Waals surface area contributed by atoms with Crippen LogP contribution in [0.3, 0.4) is 0 Å². The van der Waals surface area contributed by atoms with Crippen molar-refractivity contribution in [2.24, 2.45) is 4.40 Å². The van der Waals surface area contributed by atoms with Crippen molar-refractivity contribution in [2.75, 3.05) is 37.0 Å². The molecule has 10 heteroatoms. The molecule has 2 aromatic rings. The van der Waals surface area contributed by atoms with Gasteiger partial charge in [0.05, 0.1) is 31.3 Å². The number of nitrogens with one attached hydrogen (secondary N) is 1. The second kappa shape index (κ2) is 10.0. The zero-order valence-corrected chi connectivity index (χ0v) is 19.4. The summed E-state index contributed by atoms with van der Waals surface area (Å²) in [6, 6.07) is 13.3. The Morgan fingerprint density at radius 1 is 1.16 bits per heavy atom. The molecule has 2 aliphatic rings. The van der Waals surface area contributed by atoms with Crippen LogP contribution in [0.25, 0.3) is 0 Å². The van der Waals surface area contributed by atoms with Gasteiger partial charge >= 0.3 is 0 Å². The van der Waals surface area contributed by atoms with Gasteiger partial charge in [0.15, 0.2) is 5.17 Å². The van der Waals surface area contributed by atoms with Crippen LogP contribution < -0.4 is 10.2 Å². The lowest BCUT2D eigenvalue weighted by molar-refractivity contribution is 0.0453. The Morgan fingerprint density at radius 3 is 2.81 bits per heavy atom. The summed E-state index contributed by atoms with van der Waals surface area (Å²) in [6.45, 7) is 5.01. The number of rotatable bonds is 9. The molecule has 2 heterocycles. The molecule has 1 N–H and O–H groups in total. The van der Waals surface area contributed by atoms with Crippen LogP contribution in [0, 0.1) is 0 Å². The SMILES string of the molecule is CCOCCOCc1cccc(CNC(=O)c2ccc3c(c2)SC2=NS(=O)(=O)CCN23)c1. The van der Waals surface area contributed by atoms with Gasteiger partial charge in [-0.2, -0.15) is 0 Å². The highest BCUT2D eigenvalue weighted by Crippen LogP contribution is 2.42. The minimum atomic E-state index is -3.40. The van der Waals surface area contributed by atoms with Crippen molar-refractivity contribution in [2.45, 2.75) is 25.0 Å². The number of hydrogen-bond acceptors (Lipinski definition) is 7. The number of ether oxygens (including phenoxy) is 2. The van der Waals surface area contributed by atoms with Gasteiger partial charge in [-0.15, -0.1) is 4.40 Å². The van der Waals surface area contributed by atoms with Crippen molar-refractivity contribution in [3.8, 4) is 0 Å². The second-order valence-electron chi connectivity index (χ2n) is 7.35. The van der Waals surface area contributed by atoms with Crippen LogP contribution in [0.1, 0.15) is 28.4 Å². The summed E-state index contributed by atoms with van der Waals surface area (Å²) >= 11 is 1.28. The molecule has 2 aliphatic heterocycles. The van der Waals surface area contributed by atoms with Crippen molar-refractivity contribution in [1.29, 1.82) is 0 Å². The van der Waals surface area contributed by atoms with E-state index in [1.807, 2.05) is 42.2 Å². The monoisotopic (exact) mass is 475 g/mol. The Hall–Kier alpha value is -2.40. The number of nitrogens with zero attached hydrogens (tertiary/aromatic N) is 2. The molecule has 0 radical (unpaired) electrons. The van der Waals surface area contributed by atoms with Crippen LogP contribution in [-0.2, 0) is 32.6 Å². The highest BCUT2D eigenvalue weighted by molar-refractivity contribution is 8.15. The second-order valence-corrected chi connectivity index (χ2v) is 10.1. The predicted molar refractivity (Wildman–Crippen MR) is 125 cm³/mol. The van der Waals surface area contributed by atoms with Gasteiger partial charge in [-0.25, -0.2) is 8.42 Å². The third-order valence-corrected chi connectivity index (χ3v) is 7.33. The van der Waals surface area contributed by atoms with E-state index in [0.717, 1.165) is 21.7 Å². The van der Waals surface area contributed by atoms with Gasteiger partial charge in [0.25, 0.3) is 15.9 Å². The number of anilines is 1. The highest BCUT2D eigenvalue weighted by atomic mass is 32.2. The summed E-state index contributed by atoms with van der Waals surface area (Å²) in [5.74, 6) is -0.193. The maximum Gasteiger partial charge on any atom is 0.257 e. The Kier molecular flexibility index (Phi) is 7.14. The van der Waals surface area contributed by atoms with Gasteiger partial charge in [-0.05, 0) is 48.0 Å². The third kappa shape index (κ3) is 5.50. The predicted octanol–water partition coefficient (Wildman–Crippen LogP) is 2.78. The number of amides is 1. The summed E-state index contributed by atoms with van der Waals surface area (Å²) in [7, 11) is -3.40. The van der Waals surface area contributed by atoms with E-state index in [1.165, 1.54) is 11.8 Å². The third-order valence-electron chi connectivity index (χ3n) is 5.02. The molecule has 0 atom stereocenters. The molecule has 0 aromatic heterocycles. The van der Waals surface area contributed by atoms with Crippen molar-refractivity contribution in [3.63, 3.8) is 0 Å². The lowest BCUT2D eigenvalue weighted by Gasteiger charge is -2.22. The van der Waals surface area contributed by atoms with Gasteiger partial charge in [0, 0.05) is 30.2 Å². The molecule has 0 spiro atoms. The van der Waals surface area contributed by atoms with Crippen molar-refractivity contribution in [3.05, 3.63) is 59.2 Å². The summed E-state index contributed by atoms with van der Waals surface area (Å²) < 4.78 is 38.2. The normalized spacial score (nSPS) is 16.3. The molecule has 0 fully saturated rings. The van der Waals surface area contributed by atoms with E-state index >= 15 is 0 Å². The minimum Gasteiger partial charge on any atom is -0.379 e. The van der Waals surface area contributed by atoms with Crippen molar-refractivity contribution < 1.29 is 22.7 Å². The lowest BCUT2D eigenvalue weighted by atomic mass is 10.1. The van der Waals surface area contributed by atoms with Crippen molar-refractivity contribution in [1.82, 2.24) is 5.32 Å². The Morgan fingerprint density at radius 2 is 1.97 bits per heavy atom. The topological polar surface area (TPSA) is 97.3 Å². The quantitative estimate of drug-likeness (QED) is 0.557. The first kappa shape index (κ1) is 22.8. The first-order valence-corrected chi connectivity index (χ1v) is 12.8. The molecule has 0 saturated heterocycles. The minimum absolute atomic E-state index is 0.00460. The molecule has 2 aromatic carbocycles. The van der Waals surface area contributed by atoms with Crippen LogP contribution in [0.2, 0.25) is 0 Å². The lowest BCUT2D eigenvalue weighted by Crippen LogP contribution is -2.35. The molecule has 1 amide bonds. The van der Waals surface area contributed by atoms with Crippen LogP contribution in [0.4, 0.5) is 5.69 Å². The number of hydrogen-bond donors (Lipinski definition) is 1. The summed E-state index contributed by atoms with van der Waals surface area (Å²) in [6.07, 6.45) is 0. The molecule has 0 saturated carbocycles. The molecule has 32 heavy (non-hydrogen) atoms. The summed E-state index contributed by atoms with van der Waals surface area (Å²) in [5, 5.41) is 3.39. The van der Waals surface area contributed by atoms with Gasteiger partial charge in [0.1, 0.15) is 0 Å². The van der Waals surface area contributed by atoms with E-state index in [0.29, 0.717) is 50.2 Å². The maximum atomic E-state index is 12.7. The van der Waals surface area contributed by atoms with E-state index in [9.17, 15) is 13.2 Å². The highest BCUT2D eigenvalue weighted by Gasteiger charge is 2.33. The van der Waals surface area contributed by atoms with Gasteiger partial charge < -0.3 is 19.7 Å². The van der Waals surface area contributed by atoms with E-state index in [1.54, 1.807) is 12.1 Å². The van der Waals surface area contributed by atoms with Crippen LogP contribution in [0.5, 0.6) is 0 Å². The van der Waals surface area contributed by atoms with E-state index in [-0.39, 0.29) is 11.7 Å². The van der Waals surface area contributed by atoms with E-state index in [2.05, 4.69) is 9.71 Å². The molecule has 0 aliphatic carbocycles. The number of benzene rings is 2.